The lowest BCUT2D eigenvalue weighted by Gasteiger charge is -2.46. The first-order valence-electron chi connectivity index (χ1n) is 11.4. The van der Waals surface area contributed by atoms with Gasteiger partial charge in [0.1, 0.15) is 0 Å². The molecule has 0 aliphatic heterocycles. The third-order valence-electron chi connectivity index (χ3n) is 6.28. The number of carboxylic acids is 1. The van der Waals surface area contributed by atoms with Gasteiger partial charge in [0.2, 0.25) is 0 Å². The molecule has 0 radical (unpaired) electrons. The van der Waals surface area contributed by atoms with Gasteiger partial charge in [-0.2, -0.15) is 127 Å². The zero-order chi connectivity index (χ0) is 42.3. The number of rotatable bonds is 16. The molecule has 0 rings (SSSR count). The molecule has 0 saturated carbocycles. The SMILES string of the molecule is CC(=CC(F)(F)C(F)(F)C(F)(F)C(F)(F)C(F)(F)C(F)(F)C(F)(F)C(F)(F)C(F)(F)C(F)(F)C(F)(F)C(F)(F)C(F)(F)CCC(F)(F)F)C(=O)O. The zero-order valence-corrected chi connectivity index (χ0v) is 22.8. The van der Waals surface area contributed by atoms with E-state index in [0.717, 1.165) is 0 Å². The monoisotopic (exact) mass is 832 g/mol. The van der Waals surface area contributed by atoms with Gasteiger partial charge in [-0.25, -0.2) is 4.79 Å². The molecule has 0 aromatic carbocycles. The largest absolute Gasteiger partial charge is 0.478 e. The summed E-state index contributed by atoms with van der Waals surface area (Å²) in [5, 5.41) is 8.25. The Bertz CT molecular complexity index is 1320. The lowest BCUT2D eigenvalue weighted by molar-refractivity contribution is -0.481. The minimum atomic E-state index is -9.91. The highest BCUT2D eigenvalue weighted by molar-refractivity contribution is 5.86. The normalized spacial score (nSPS) is 16.9. The van der Waals surface area contributed by atoms with E-state index >= 15 is 0 Å². The van der Waals surface area contributed by atoms with Crippen LogP contribution in [-0.2, 0) is 4.79 Å². The molecule has 0 aromatic rings. The molecule has 0 saturated heterocycles. The van der Waals surface area contributed by atoms with Gasteiger partial charge in [0.05, 0.1) is 0 Å². The first-order valence-corrected chi connectivity index (χ1v) is 11.4. The van der Waals surface area contributed by atoms with Crippen molar-refractivity contribution in [3.63, 3.8) is 0 Å². The van der Waals surface area contributed by atoms with Crippen LogP contribution in [0.3, 0.4) is 0 Å². The van der Waals surface area contributed by atoms with Crippen LogP contribution >= 0.6 is 0 Å². The maximum absolute atomic E-state index is 13.9. The van der Waals surface area contributed by atoms with Crippen LogP contribution in [0.15, 0.2) is 11.6 Å². The van der Waals surface area contributed by atoms with Gasteiger partial charge in [0, 0.05) is 24.5 Å². The summed E-state index contributed by atoms with van der Waals surface area (Å²) in [4.78, 5) is 10.4. The lowest BCUT2D eigenvalue weighted by Crippen LogP contribution is -2.78. The van der Waals surface area contributed by atoms with Crippen molar-refractivity contribution in [2.24, 2.45) is 0 Å². The third kappa shape index (κ3) is 6.56. The van der Waals surface area contributed by atoms with E-state index in [-0.39, 0.29) is 6.92 Å². The number of alkyl halides is 29. The summed E-state index contributed by atoms with van der Waals surface area (Å²) in [6.07, 6.45) is -15.5. The number of aliphatic carboxylic acids is 1. The van der Waals surface area contributed by atoms with E-state index in [1.54, 1.807) is 0 Å². The average molecular weight is 832 g/mol. The van der Waals surface area contributed by atoms with Crippen LogP contribution in [-0.4, -0.2) is 94.2 Å². The predicted octanol–water partition coefficient (Wildman–Crippen LogP) is 10.6. The van der Waals surface area contributed by atoms with Crippen molar-refractivity contribution in [1.82, 2.24) is 0 Å². The summed E-state index contributed by atoms with van der Waals surface area (Å²) in [5.74, 6) is -121. The van der Waals surface area contributed by atoms with E-state index in [0.29, 0.717) is 0 Å². The Morgan fingerprint density at radius 2 is 0.608 bits per heavy atom. The minimum Gasteiger partial charge on any atom is -0.478 e. The molecule has 31 heteroatoms. The fourth-order valence-corrected chi connectivity index (χ4v) is 3.09. The number of halogens is 29. The van der Waals surface area contributed by atoms with Gasteiger partial charge in [0.15, 0.2) is 0 Å². The molecule has 0 bridgehead atoms. The van der Waals surface area contributed by atoms with Gasteiger partial charge < -0.3 is 5.11 Å². The van der Waals surface area contributed by atoms with Crippen molar-refractivity contribution in [2.75, 3.05) is 0 Å². The second-order valence-electron chi connectivity index (χ2n) is 9.89. The molecule has 0 spiro atoms. The van der Waals surface area contributed by atoms with Crippen LogP contribution in [0.4, 0.5) is 127 Å². The van der Waals surface area contributed by atoms with Gasteiger partial charge >= 0.3 is 89.1 Å². The quantitative estimate of drug-likeness (QED) is 0.124. The van der Waals surface area contributed by atoms with Crippen molar-refractivity contribution >= 4 is 5.97 Å². The van der Waals surface area contributed by atoms with E-state index in [2.05, 4.69) is 0 Å². The topological polar surface area (TPSA) is 37.3 Å². The maximum Gasteiger partial charge on any atom is 0.389 e. The molecule has 0 aliphatic rings. The van der Waals surface area contributed by atoms with Crippen LogP contribution in [0.5, 0.6) is 0 Å². The number of carbonyl (C=O) groups is 1. The van der Waals surface area contributed by atoms with Crippen LogP contribution in [0.2, 0.25) is 0 Å². The van der Waals surface area contributed by atoms with Gasteiger partial charge in [-0.05, 0) is 6.92 Å². The Hall–Kier alpha value is -2.82. The fourth-order valence-electron chi connectivity index (χ4n) is 3.09. The third-order valence-corrected chi connectivity index (χ3v) is 6.28. The molecule has 0 heterocycles. The maximum atomic E-state index is 13.9. The molecule has 0 atom stereocenters. The lowest BCUT2D eigenvalue weighted by atomic mass is 9.83. The van der Waals surface area contributed by atoms with Crippen molar-refractivity contribution in [2.45, 2.75) is 103 Å². The van der Waals surface area contributed by atoms with E-state index in [1.807, 2.05) is 0 Å². The summed E-state index contributed by atoms with van der Waals surface area (Å²) in [5.41, 5.74) is -2.31. The molecule has 0 aromatic heterocycles. The summed E-state index contributed by atoms with van der Waals surface area (Å²) < 4.78 is 394. The van der Waals surface area contributed by atoms with Gasteiger partial charge in [-0.1, -0.05) is 0 Å². The Kier molecular flexibility index (Phi) is 11.7. The molecule has 51 heavy (non-hydrogen) atoms. The standard InChI is InChI=1S/C20H9F29O2/c1-5(6(50)51)4-8(23,24)11(30,31)13(34,35)15(38,39)17(42,43)19(46,47)20(48,49)18(44,45)16(40,41)14(36,37)12(32,33)10(28,29)7(21,22)2-3-9(25,26)27/h4H,2-3H2,1H3,(H,50,51). The molecule has 0 aliphatic carbocycles. The fraction of sp³-hybridized carbons (Fsp3) is 0.850. The highest BCUT2D eigenvalue weighted by atomic mass is 19.4. The predicted molar refractivity (Wildman–Crippen MR) is 101 cm³/mol. The van der Waals surface area contributed by atoms with Crippen LogP contribution in [0, 0.1) is 0 Å². The van der Waals surface area contributed by atoms with Crippen LogP contribution < -0.4 is 0 Å². The number of carboxylic acid groups (broad SMARTS) is 1. The smallest absolute Gasteiger partial charge is 0.389 e. The van der Waals surface area contributed by atoms with Crippen molar-refractivity contribution in [1.29, 1.82) is 0 Å². The minimum absolute atomic E-state index is 0.285. The van der Waals surface area contributed by atoms with Crippen molar-refractivity contribution in [3.05, 3.63) is 11.6 Å². The molecule has 0 unspecified atom stereocenters. The molecule has 0 fully saturated rings. The Balaban J connectivity index is 7.50. The summed E-state index contributed by atoms with van der Waals surface area (Å²) in [6, 6.07) is 0. The molecular weight excluding hydrogens is 823 g/mol. The molecular formula is C20H9F29O2. The van der Waals surface area contributed by atoms with E-state index < -0.39 is 114 Å². The molecule has 304 valence electrons. The van der Waals surface area contributed by atoms with Crippen LogP contribution in [0.25, 0.3) is 0 Å². The Morgan fingerprint density at radius 1 is 0.392 bits per heavy atom. The molecule has 0 amide bonds. The first-order chi connectivity index (χ1) is 21.5. The van der Waals surface area contributed by atoms with Crippen molar-refractivity contribution in [3.8, 4) is 0 Å². The zero-order valence-electron chi connectivity index (χ0n) is 22.8. The summed E-state index contributed by atoms with van der Waals surface area (Å²) in [6.45, 7) is -0.285. The van der Waals surface area contributed by atoms with E-state index in [9.17, 15) is 132 Å². The summed E-state index contributed by atoms with van der Waals surface area (Å²) in [7, 11) is 0. The number of hydrogen-bond donors (Lipinski definition) is 1. The first kappa shape index (κ1) is 48.2. The van der Waals surface area contributed by atoms with Gasteiger partial charge in [-0.3, -0.25) is 0 Å². The highest BCUT2D eigenvalue weighted by Crippen LogP contribution is 2.68. The second-order valence-corrected chi connectivity index (χ2v) is 9.89. The second kappa shape index (κ2) is 12.4. The van der Waals surface area contributed by atoms with E-state index in [1.165, 1.54) is 0 Å². The Labute approximate surface area is 259 Å². The van der Waals surface area contributed by atoms with Gasteiger partial charge in [-0.15, -0.1) is 0 Å². The molecule has 2 nitrogen and oxygen atoms in total. The Morgan fingerprint density at radius 3 is 0.824 bits per heavy atom. The molecule has 1 N–H and O–H groups in total. The van der Waals surface area contributed by atoms with Gasteiger partial charge in [0.25, 0.3) is 0 Å². The van der Waals surface area contributed by atoms with Crippen molar-refractivity contribution < 1.29 is 137 Å². The summed E-state index contributed by atoms with van der Waals surface area (Å²) >= 11 is 0. The van der Waals surface area contributed by atoms with Crippen LogP contribution in [0.1, 0.15) is 19.8 Å². The number of allylic oxidation sites excluding steroid dienone is 1. The average Bonchev–Trinajstić information content (AvgIpc) is 2.89. The number of hydrogen-bond acceptors (Lipinski definition) is 1. The highest BCUT2D eigenvalue weighted by Gasteiger charge is 3.00. The van der Waals surface area contributed by atoms with E-state index in [4.69, 9.17) is 5.11 Å².